The van der Waals surface area contributed by atoms with Crippen LogP contribution in [0.5, 0.6) is 0 Å². The van der Waals surface area contributed by atoms with Gasteiger partial charge < -0.3 is 53.8 Å². The minimum atomic E-state index is -0.839. The predicted molar refractivity (Wildman–Crippen MR) is 222 cm³/mol. The minimum Gasteiger partial charge on any atom is -0.400 e. The average Bonchev–Trinajstić information content (AvgIpc) is 3.99. The van der Waals surface area contributed by atoms with E-state index in [1.54, 1.807) is 7.11 Å². The molecule has 330 valence electrons. The summed E-state index contributed by atoms with van der Waals surface area (Å²) in [7, 11) is 2.65. The lowest BCUT2D eigenvalue weighted by Gasteiger charge is -2.46. The van der Waals surface area contributed by atoms with Crippen molar-refractivity contribution in [2.75, 3.05) is 53.8 Å². The molecule has 6 saturated heterocycles. The number of aliphatic hydroxyl groups excluding tert-OH is 2. The predicted octanol–water partition coefficient (Wildman–Crippen LogP) is 6.86. The van der Waals surface area contributed by atoms with Crippen LogP contribution in [0.4, 0.5) is 0 Å². The van der Waals surface area contributed by atoms with Gasteiger partial charge in [-0.3, -0.25) is 4.79 Å². The summed E-state index contributed by atoms with van der Waals surface area (Å²) < 4.78 is 46.9. The molecular weight excluding hydrogens is 718 g/mol. The van der Waals surface area contributed by atoms with Gasteiger partial charge in [-0.25, -0.2) is 0 Å². The first-order valence-corrected chi connectivity index (χ1v) is 21.7. The van der Waals surface area contributed by atoms with Crippen LogP contribution in [0, 0.1) is 5.92 Å². The summed E-state index contributed by atoms with van der Waals surface area (Å²) in [5, 5.41) is 17.3. The van der Waals surface area contributed by atoms with Crippen molar-refractivity contribution >= 4 is 5.78 Å². The van der Waals surface area contributed by atoms with E-state index in [1.807, 2.05) is 34.6 Å². The zero-order valence-electron chi connectivity index (χ0n) is 36.8. The van der Waals surface area contributed by atoms with Crippen molar-refractivity contribution in [2.45, 2.75) is 193 Å². The highest BCUT2D eigenvalue weighted by molar-refractivity contribution is 5.79. The summed E-state index contributed by atoms with van der Waals surface area (Å²) in [6.45, 7) is 25.7. The molecule has 6 fully saturated rings. The monoisotopic (exact) mass is 802 g/mol. The lowest BCUT2D eigenvalue weighted by molar-refractivity contribution is -0.295. The minimum absolute atomic E-state index is 0.0294. The number of rotatable bonds is 12. The SMILES string of the molecule is C=C1CC[C@H](CC)O[C@@H]1C.C=C1COC(CC[C@]2(OC3CCOC4CCC(CC(=O)CC5CCOC5)O[C@@H]43)CC(O)CO2)C1.CC.CC.CO.COC(C)CN. The van der Waals surface area contributed by atoms with Gasteiger partial charge in [-0.15, -0.1) is 0 Å². The van der Waals surface area contributed by atoms with E-state index in [9.17, 15) is 9.90 Å². The highest BCUT2D eigenvalue weighted by Crippen LogP contribution is 2.40. The second kappa shape index (κ2) is 29.8. The molecule has 0 amide bonds. The summed E-state index contributed by atoms with van der Waals surface area (Å²) in [4.78, 5) is 12.6. The van der Waals surface area contributed by atoms with Crippen LogP contribution in [0.1, 0.15) is 132 Å². The Morgan fingerprint density at radius 1 is 0.964 bits per heavy atom. The van der Waals surface area contributed by atoms with Crippen LogP contribution in [0.25, 0.3) is 0 Å². The third-order valence-corrected chi connectivity index (χ3v) is 10.9. The van der Waals surface area contributed by atoms with Crippen molar-refractivity contribution in [1.29, 1.82) is 0 Å². The van der Waals surface area contributed by atoms with E-state index in [-0.39, 0.29) is 49.0 Å². The molecule has 6 heterocycles. The summed E-state index contributed by atoms with van der Waals surface area (Å²) >= 11 is 0. The summed E-state index contributed by atoms with van der Waals surface area (Å²) in [6.07, 6.45) is 10.6. The lowest BCUT2D eigenvalue weighted by Crippen LogP contribution is -2.55. The molecule has 6 aliphatic heterocycles. The largest absolute Gasteiger partial charge is 0.400 e. The van der Waals surface area contributed by atoms with Gasteiger partial charge in [0.05, 0.1) is 62.0 Å². The third kappa shape index (κ3) is 18.7. The van der Waals surface area contributed by atoms with Crippen molar-refractivity contribution in [1.82, 2.24) is 0 Å². The van der Waals surface area contributed by atoms with Crippen molar-refractivity contribution in [3.63, 3.8) is 0 Å². The van der Waals surface area contributed by atoms with Crippen LogP contribution in [-0.4, -0.2) is 131 Å². The van der Waals surface area contributed by atoms with Gasteiger partial charge in [0.1, 0.15) is 11.9 Å². The number of ether oxygens (including phenoxy) is 8. The van der Waals surface area contributed by atoms with Crippen molar-refractivity contribution < 1.29 is 52.9 Å². The number of ketones is 1. The van der Waals surface area contributed by atoms with Gasteiger partial charge in [-0.05, 0) is 88.7 Å². The second-order valence-corrected chi connectivity index (χ2v) is 15.1. The molecule has 56 heavy (non-hydrogen) atoms. The van der Waals surface area contributed by atoms with Crippen LogP contribution in [0.15, 0.2) is 24.3 Å². The van der Waals surface area contributed by atoms with E-state index in [4.69, 9.17) is 48.7 Å². The molecule has 6 rings (SSSR count). The fraction of sp³-hybridized carbons (Fsp3) is 0.886. The van der Waals surface area contributed by atoms with Gasteiger partial charge in [-0.2, -0.15) is 0 Å². The molecule has 12 nitrogen and oxygen atoms in total. The van der Waals surface area contributed by atoms with E-state index < -0.39 is 11.9 Å². The Kier molecular flexibility index (Phi) is 28.1. The quantitative estimate of drug-likeness (QED) is 0.177. The molecule has 7 unspecified atom stereocenters. The molecule has 0 spiro atoms. The molecule has 12 heteroatoms. The van der Waals surface area contributed by atoms with Gasteiger partial charge in [0, 0.05) is 66.3 Å². The van der Waals surface area contributed by atoms with Crippen LogP contribution in [-0.2, 0) is 42.7 Å². The van der Waals surface area contributed by atoms with Gasteiger partial charge in [0.25, 0.3) is 0 Å². The van der Waals surface area contributed by atoms with E-state index in [0.717, 1.165) is 64.2 Å². The number of fused-ring (bicyclic) bond motifs is 1. The van der Waals surface area contributed by atoms with E-state index >= 15 is 0 Å². The number of methoxy groups -OCH3 is 1. The van der Waals surface area contributed by atoms with Crippen LogP contribution in [0.2, 0.25) is 0 Å². The Morgan fingerprint density at radius 3 is 2.23 bits per heavy atom. The number of carbonyl (C=O) groups is 1. The Balaban J connectivity index is 0.000000588. The maximum absolute atomic E-state index is 12.6. The van der Waals surface area contributed by atoms with Gasteiger partial charge in [-0.1, -0.05) is 47.8 Å². The number of nitrogens with two attached hydrogens (primary N) is 1. The Morgan fingerprint density at radius 2 is 1.70 bits per heavy atom. The molecule has 0 aliphatic carbocycles. The first-order valence-electron chi connectivity index (χ1n) is 21.7. The Labute approximate surface area is 340 Å². The normalized spacial score (nSPS) is 34.0. The molecule has 0 aromatic carbocycles. The van der Waals surface area contributed by atoms with E-state index in [0.29, 0.717) is 76.6 Å². The summed E-state index contributed by atoms with van der Waals surface area (Å²) in [5.74, 6) is -0.233. The highest BCUT2D eigenvalue weighted by Gasteiger charge is 2.48. The van der Waals surface area contributed by atoms with Crippen LogP contribution in [0.3, 0.4) is 0 Å². The zero-order chi connectivity index (χ0) is 42.1. The van der Waals surface area contributed by atoms with E-state index in [2.05, 4.69) is 27.0 Å². The fourth-order valence-corrected chi connectivity index (χ4v) is 7.53. The first-order chi connectivity index (χ1) is 27.0. The molecule has 0 saturated carbocycles. The van der Waals surface area contributed by atoms with Gasteiger partial charge in [0.15, 0.2) is 5.79 Å². The second-order valence-electron chi connectivity index (χ2n) is 15.1. The molecule has 0 bridgehead atoms. The van der Waals surface area contributed by atoms with Crippen molar-refractivity contribution in [3.05, 3.63) is 24.3 Å². The fourth-order valence-electron chi connectivity index (χ4n) is 7.53. The number of hydrogen-bond donors (Lipinski definition) is 3. The molecular formula is C44H83NO11. The van der Waals surface area contributed by atoms with Gasteiger partial charge in [0.2, 0.25) is 0 Å². The lowest BCUT2D eigenvalue weighted by atomic mass is 9.90. The molecule has 11 atom stereocenters. The molecule has 0 aromatic heterocycles. The molecule has 0 aromatic rings. The van der Waals surface area contributed by atoms with Crippen molar-refractivity contribution in [2.24, 2.45) is 11.7 Å². The maximum atomic E-state index is 12.6. The smallest absolute Gasteiger partial charge is 0.171 e. The molecule has 0 radical (unpaired) electrons. The van der Waals surface area contributed by atoms with E-state index in [1.165, 1.54) is 12.0 Å². The summed E-state index contributed by atoms with van der Waals surface area (Å²) in [6, 6.07) is 0. The van der Waals surface area contributed by atoms with Crippen molar-refractivity contribution in [3.8, 4) is 0 Å². The third-order valence-electron chi connectivity index (χ3n) is 10.9. The summed E-state index contributed by atoms with van der Waals surface area (Å²) in [5.41, 5.74) is 7.53. The van der Waals surface area contributed by atoms with Gasteiger partial charge >= 0.3 is 0 Å². The molecule has 6 aliphatic rings. The number of hydrogen-bond acceptors (Lipinski definition) is 12. The highest BCUT2D eigenvalue weighted by atomic mass is 16.7. The number of carbonyl (C=O) groups excluding carboxylic acids is 1. The standard InChI is InChI=1S/C26H40O8.C9H16O.C4H11NO.2C2H6.CH4O/c1-17-10-21(31-14-17)4-7-26(13-20(28)16-32-26)34-24-6-9-30-23-3-2-22(33-25(23)24)12-19(27)11-18-5-8-29-15-18;1-4-9-6-5-7(2)8(3)10-9;1-4(3-5)6-2;3*1-2/h18,20-25,28H,1-16H2;8-9H,2,4-6H2,1,3H3;4H,3,5H2,1-2H3;2*1-2H3;2H,1H3/t18?,20?,21?,22?,23?,24?,25-,26-;8-,9+;;;;/m01..../s1. The Bertz CT molecular complexity index is 1050. The zero-order valence-corrected chi connectivity index (χ0v) is 36.8. The topological polar surface area (TPSA) is 157 Å². The number of aliphatic hydroxyl groups is 2. The number of Topliss-reactive ketones (excluding diaryl/α,β-unsaturated/α-hetero) is 1. The van der Waals surface area contributed by atoms with Crippen LogP contribution < -0.4 is 5.73 Å². The first kappa shape index (κ1) is 52.7. The molecule has 4 N–H and O–H groups in total. The Hall–Kier alpha value is -1.29. The average molecular weight is 802 g/mol. The van der Waals surface area contributed by atoms with Crippen LogP contribution >= 0.6 is 0 Å². The maximum Gasteiger partial charge on any atom is 0.171 e.